The third-order valence-corrected chi connectivity index (χ3v) is 4.26. The van der Waals surface area contributed by atoms with Gasteiger partial charge >= 0.3 is 0 Å². The lowest BCUT2D eigenvalue weighted by atomic mass is 10.2. The Morgan fingerprint density at radius 1 is 1.38 bits per heavy atom. The highest BCUT2D eigenvalue weighted by molar-refractivity contribution is 7.99. The van der Waals surface area contributed by atoms with Gasteiger partial charge in [0.05, 0.1) is 10.4 Å². The van der Waals surface area contributed by atoms with Gasteiger partial charge < -0.3 is 14.8 Å². The van der Waals surface area contributed by atoms with Gasteiger partial charge in [-0.3, -0.25) is 0 Å². The molecule has 1 aromatic rings. The number of nitrogens with one attached hydrogen (secondary N) is 1. The second-order valence-corrected chi connectivity index (χ2v) is 5.42. The fourth-order valence-corrected chi connectivity index (χ4v) is 3.30. The number of fused-ring (bicyclic) bond motifs is 1. The molecule has 0 aromatic heterocycles. The molecule has 3 rings (SSSR count). The predicted molar refractivity (Wildman–Crippen MR) is 65.4 cm³/mol. The summed E-state index contributed by atoms with van der Waals surface area (Å²) >= 11 is 8.06. The Balaban J connectivity index is 1.92. The van der Waals surface area contributed by atoms with Crippen LogP contribution in [0.3, 0.4) is 0 Å². The van der Waals surface area contributed by atoms with E-state index in [1.54, 1.807) is 0 Å². The van der Waals surface area contributed by atoms with Crippen LogP contribution in [0.4, 0.5) is 0 Å². The maximum Gasteiger partial charge on any atom is 0.231 e. The molecule has 2 aliphatic rings. The van der Waals surface area contributed by atoms with Crippen molar-refractivity contribution >= 4 is 23.4 Å². The first-order valence-electron chi connectivity index (χ1n) is 5.28. The highest BCUT2D eigenvalue weighted by Crippen LogP contribution is 2.43. The topological polar surface area (TPSA) is 30.5 Å². The van der Waals surface area contributed by atoms with Gasteiger partial charge in [-0.25, -0.2) is 0 Å². The summed E-state index contributed by atoms with van der Waals surface area (Å²) in [5, 5.41) is 4.42. The first-order chi connectivity index (χ1) is 7.84. The molecule has 0 spiro atoms. The predicted octanol–water partition coefficient (Wildman–Crippen LogP) is 2.79. The van der Waals surface area contributed by atoms with Crippen molar-refractivity contribution in [3.05, 3.63) is 22.7 Å². The molecule has 2 heterocycles. The number of rotatable bonds is 1. The van der Waals surface area contributed by atoms with Crippen LogP contribution in [0, 0.1) is 0 Å². The fourth-order valence-electron chi connectivity index (χ4n) is 1.92. The zero-order valence-electron chi connectivity index (χ0n) is 8.66. The van der Waals surface area contributed by atoms with Crippen LogP contribution >= 0.6 is 23.4 Å². The zero-order chi connectivity index (χ0) is 11.0. The first-order valence-corrected chi connectivity index (χ1v) is 6.71. The molecular formula is C11H12ClNO2S. The molecule has 1 fully saturated rings. The van der Waals surface area contributed by atoms with E-state index >= 15 is 0 Å². The molecule has 0 amide bonds. The normalized spacial score (nSPS) is 23.4. The highest BCUT2D eigenvalue weighted by Gasteiger charge is 2.22. The summed E-state index contributed by atoms with van der Waals surface area (Å²) < 4.78 is 10.7. The maximum absolute atomic E-state index is 6.15. The monoisotopic (exact) mass is 257 g/mol. The number of benzene rings is 1. The van der Waals surface area contributed by atoms with Crippen LogP contribution in [-0.4, -0.2) is 19.1 Å². The van der Waals surface area contributed by atoms with E-state index in [1.165, 1.54) is 17.7 Å². The smallest absolute Gasteiger partial charge is 0.231 e. The van der Waals surface area contributed by atoms with Crippen molar-refractivity contribution < 1.29 is 9.47 Å². The van der Waals surface area contributed by atoms with Gasteiger partial charge in [0.1, 0.15) is 0 Å². The SMILES string of the molecule is Clc1cc(C2NCCCS2)cc2c1OCO2. The minimum Gasteiger partial charge on any atom is -0.454 e. The van der Waals surface area contributed by atoms with E-state index in [-0.39, 0.29) is 6.79 Å². The van der Waals surface area contributed by atoms with Gasteiger partial charge in [0.25, 0.3) is 0 Å². The number of hydrogen-bond donors (Lipinski definition) is 1. The average Bonchev–Trinajstić information content (AvgIpc) is 2.79. The molecule has 0 bridgehead atoms. The van der Waals surface area contributed by atoms with Gasteiger partial charge in [-0.1, -0.05) is 11.6 Å². The van der Waals surface area contributed by atoms with Crippen molar-refractivity contribution in [2.75, 3.05) is 19.1 Å². The molecule has 2 aliphatic heterocycles. The molecule has 1 aromatic carbocycles. The fraction of sp³-hybridized carbons (Fsp3) is 0.455. The minimum absolute atomic E-state index is 0.268. The Morgan fingerprint density at radius 2 is 2.31 bits per heavy atom. The van der Waals surface area contributed by atoms with Crippen LogP contribution in [0.1, 0.15) is 17.4 Å². The molecule has 3 nitrogen and oxygen atoms in total. The van der Waals surface area contributed by atoms with Crippen molar-refractivity contribution in [2.24, 2.45) is 0 Å². The highest BCUT2D eigenvalue weighted by atomic mass is 35.5. The Labute approximate surface area is 103 Å². The van der Waals surface area contributed by atoms with Crippen molar-refractivity contribution in [1.29, 1.82) is 0 Å². The molecule has 0 saturated carbocycles. The first kappa shape index (κ1) is 10.6. The molecule has 0 aliphatic carbocycles. The van der Waals surface area contributed by atoms with Gasteiger partial charge in [-0.15, -0.1) is 11.8 Å². The van der Waals surface area contributed by atoms with Gasteiger partial charge in [-0.05, 0) is 36.4 Å². The second kappa shape index (κ2) is 4.35. The lowest BCUT2D eigenvalue weighted by Crippen LogP contribution is -2.25. The van der Waals surface area contributed by atoms with Gasteiger partial charge in [-0.2, -0.15) is 0 Å². The minimum atomic E-state index is 0.268. The molecule has 0 radical (unpaired) electrons. The van der Waals surface area contributed by atoms with E-state index in [1.807, 2.05) is 23.9 Å². The van der Waals surface area contributed by atoms with E-state index in [0.717, 1.165) is 12.3 Å². The van der Waals surface area contributed by atoms with E-state index in [9.17, 15) is 0 Å². The average molecular weight is 258 g/mol. The van der Waals surface area contributed by atoms with Gasteiger partial charge in [0.15, 0.2) is 11.5 Å². The van der Waals surface area contributed by atoms with Gasteiger partial charge in [0.2, 0.25) is 6.79 Å². The molecule has 5 heteroatoms. The van der Waals surface area contributed by atoms with Gasteiger partial charge in [0, 0.05) is 0 Å². The number of halogens is 1. The van der Waals surface area contributed by atoms with Crippen molar-refractivity contribution in [3.63, 3.8) is 0 Å². The van der Waals surface area contributed by atoms with E-state index in [4.69, 9.17) is 21.1 Å². The molecule has 16 heavy (non-hydrogen) atoms. The molecule has 1 unspecified atom stereocenters. The van der Waals surface area contributed by atoms with Crippen molar-refractivity contribution in [2.45, 2.75) is 11.8 Å². The summed E-state index contributed by atoms with van der Waals surface area (Å²) in [6.07, 6.45) is 1.22. The Morgan fingerprint density at radius 3 is 3.12 bits per heavy atom. The standard InChI is InChI=1S/C11H12ClNO2S/c12-8-4-7(11-13-2-1-3-16-11)5-9-10(8)15-6-14-9/h4-5,11,13H,1-3,6H2. The lowest BCUT2D eigenvalue weighted by Gasteiger charge is -2.23. The maximum atomic E-state index is 6.15. The van der Waals surface area contributed by atoms with Crippen LogP contribution in [0.2, 0.25) is 5.02 Å². The summed E-state index contributed by atoms with van der Waals surface area (Å²) in [5.41, 5.74) is 1.17. The molecule has 1 N–H and O–H groups in total. The van der Waals surface area contributed by atoms with E-state index < -0.39 is 0 Å². The van der Waals surface area contributed by atoms with E-state index in [2.05, 4.69) is 5.32 Å². The van der Waals surface area contributed by atoms with Crippen molar-refractivity contribution in [3.8, 4) is 11.5 Å². The third-order valence-electron chi connectivity index (χ3n) is 2.69. The van der Waals surface area contributed by atoms with Crippen LogP contribution in [0.25, 0.3) is 0 Å². The lowest BCUT2D eigenvalue weighted by molar-refractivity contribution is 0.174. The Kier molecular flexibility index (Phi) is 2.88. The summed E-state index contributed by atoms with van der Waals surface area (Å²) in [6, 6.07) is 3.98. The third kappa shape index (κ3) is 1.85. The van der Waals surface area contributed by atoms with Crippen LogP contribution < -0.4 is 14.8 Å². The quantitative estimate of drug-likeness (QED) is 0.838. The van der Waals surface area contributed by atoms with Crippen LogP contribution in [0.5, 0.6) is 11.5 Å². The molecular weight excluding hydrogens is 246 g/mol. The summed E-state index contributed by atoms with van der Waals surface area (Å²) in [7, 11) is 0. The van der Waals surface area contributed by atoms with Crippen molar-refractivity contribution in [1.82, 2.24) is 5.32 Å². The van der Waals surface area contributed by atoms with E-state index in [0.29, 0.717) is 16.1 Å². The molecule has 86 valence electrons. The Hall–Kier alpha value is -0.580. The number of hydrogen-bond acceptors (Lipinski definition) is 4. The summed E-state index contributed by atoms with van der Waals surface area (Å²) in [4.78, 5) is 0. The second-order valence-electron chi connectivity index (χ2n) is 3.80. The largest absolute Gasteiger partial charge is 0.454 e. The summed E-state index contributed by atoms with van der Waals surface area (Å²) in [5.74, 6) is 2.62. The van der Waals surface area contributed by atoms with Crippen LogP contribution in [-0.2, 0) is 0 Å². The van der Waals surface area contributed by atoms with Crippen LogP contribution in [0.15, 0.2) is 12.1 Å². The zero-order valence-corrected chi connectivity index (χ0v) is 10.2. The Bertz CT molecular complexity index is 407. The number of ether oxygens (including phenoxy) is 2. The summed E-state index contributed by atoms with van der Waals surface area (Å²) in [6.45, 7) is 1.33. The molecule has 1 atom stereocenters. The molecule has 1 saturated heterocycles. The number of thioether (sulfide) groups is 1.